The van der Waals surface area contributed by atoms with Crippen LogP contribution in [-0.2, 0) is 11.2 Å². The number of aliphatic hydroxyl groups is 1. The molecule has 0 heterocycles. The molecule has 0 spiro atoms. The molecule has 1 rings (SSSR count). The maximum Gasteiger partial charge on any atom is 0.409 e. The molecule has 1 unspecified atom stereocenters. The van der Waals surface area contributed by atoms with Crippen molar-refractivity contribution in [3.05, 3.63) is 35.9 Å². The van der Waals surface area contributed by atoms with Crippen LogP contribution in [0.5, 0.6) is 0 Å². The summed E-state index contributed by atoms with van der Waals surface area (Å²) in [6.07, 6.45) is 0.708. The van der Waals surface area contributed by atoms with Gasteiger partial charge < -0.3 is 9.84 Å². The molecular formula is C13H19NO3. The number of ether oxygens (including phenoxy) is 1. The molecule has 0 aliphatic carbocycles. The first-order valence-electron chi connectivity index (χ1n) is 5.87. The molecule has 1 aromatic rings. The predicted octanol–water partition coefficient (Wildman–Crippen LogP) is 2.07. The van der Waals surface area contributed by atoms with E-state index in [1.807, 2.05) is 37.3 Å². The van der Waals surface area contributed by atoms with Crippen molar-refractivity contribution in [3.63, 3.8) is 0 Å². The number of amides is 1. The normalized spacial score (nSPS) is 11.9. The molecule has 4 heteroatoms. The van der Waals surface area contributed by atoms with Crippen LogP contribution in [0.25, 0.3) is 0 Å². The Balaban J connectivity index is 2.25. The third kappa shape index (κ3) is 5.92. The Labute approximate surface area is 102 Å². The first-order chi connectivity index (χ1) is 8.22. The predicted molar refractivity (Wildman–Crippen MR) is 65.5 cm³/mol. The van der Waals surface area contributed by atoms with Crippen LogP contribution in [0.2, 0.25) is 0 Å². The minimum Gasteiger partial charge on any atom is -0.450 e. The van der Waals surface area contributed by atoms with Crippen molar-refractivity contribution in [2.75, 3.05) is 6.61 Å². The van der Waals surface area contributed by atoms with Crippen molar-refractivity contribution in [2.45, 2.75) is 32.4 Å². The Hall–Kier alpha value is -1.55. The van der Waals surface area contributed by atoms with Gasteiger partial charge in [-0.3, -0.25) is 5.32 Å². The van der Waals surface area contributed by atoms with Crippen molar-refractivity contribution in [2.24, 2.45) is 0 Å². The Morgan fingerprint density at radius 2 is 2.12 bits per heavy atom. The molecular weight excluding hydrogens is 218 g/mol. The van der Waals surface area contributed by atoms with Gasteiger partial charge in [0.2, 0.25) is 0 Å². The summed E-state index contributed by atoms with van der Waals surface area (Å²) in [6.45, 7) is 2.41. The summed E-state index contributed by atoms with van der Waals surface area (Å²) in [5.74, 6) is 0. The summed E-state index contributed by atoms with van der Waals surface area (Å²) in [7, 11) is 0. The SMILES string of the molecule is CCCCOC(=O)NC(O)Cc1ccccc1. The summed E-state index contributed by atoms with van der Waals surface area (Å²) in [4.78, 5) is 11.2. The molecule has 0 aromatic heterocycles. The van der Waals surface area contributed by atoms with Crippen molar-refractivity contribution >= 4 is 6.09 Å². The average molecular weight is 237 g/mol. The number of nitrogens with one attached hydrogen (secondary N) is 1. The smallest absolute Gasteiger partial charge is 0.409 e. The van der Waals surface area contributed by atoms with Crippen molar-refractivity contribution in [1.82, 2.24) is 5.32 Å². The van der Waals surface area contributed by atoms with E-state index in [-0.39, 0.29) is 0 Å². The Morgan fingerprint density at radius 3 is 2.76 bits per heavy atom. The maximum absolute atomic E-state index is 11.2. The summed E-state index contributed by atoms with van der Waals surface area (Å²) < 4.78 is 4.88. The van der Waals surface area contributed by atoms with E-state index in [0.29, 0.717) is 13.0 Å². The third-order valence-electron chi connectivity index (χ3n) is 2.29. The van der Waals surface area contributed by atoms with Gasteiger partial charge in [0.1, 0.15) is 6.23 Å². The van der Waals surface area contributed by atoms with E-state index in [1.54, 1.807) is 0 Å². The number of carbonyl (C=O) groups is 1. The summed E-state index contributed by atoms with van der Waals surface area (Å²) >= 11 is 0. The molecule has 4 nitrogen and oxygen atoms in total. The standard InChI is InChI=1S/C13H19NO3/c1-2-3-9-17-13(16)14-12(15)10-11-7-5-4-6-8-11/h4-8,12,15H,2-3,9-10H2,1H3,(H,14,16). The van der Waals surface area contributed by atoms with E-state index in [9.17, 15) is 9.90 Å². The van der Waals surface area contributed by atoms with E-state index in [0.717, 1.165) is 18.4 Å². The molecule has 94 valence electrons. The van der Waals surface area contributed by atoms with Gasteiger partial charge in [0.25, 0.3) is 0 Å². The van der Waals surface area contributed by atoms with Crippen LogP contribution < -0.4 is 5.32 Å². The second-order valence-electron chi connectivity index (χ2n) is 3.84. The Kier molecular flexibility index (Phi) is 6.10. The van der Waals surface area contributed by atoms with Gasteiger partial charge in [-0.1, -0.05) is 43.7 Å². The van der Waals surface area contributed by atoms with E-state index < -0.39 is 12.3 Å². The first-order valence-corrected chi connectivity index (χ1v) is 5.87. The van der Waals surface area contributed by atoms with Gasteiger partial charge in [-0.25, -0.2) is 4.79 Å². The molecule has 2 N–H and O–H groups in total. The van der Waals surface area contributed by atoms with Crippen LogP contribution in [0.4, 0.5) is 4.79 Å². The number of carbonyl (C=O) groups excluding carboxylic acids is 1. The number of hydrogen-bond donors (Lipinski definition) is 2. The monoisotopic (exact) mass is 237 g/mol. The van der Waals surface area contributed by atoms with Crippen LogP contribution in [0, 0.1) is 0 Å². The van der Waals surface area contributed by atoms with Gasteiger partial charge in [-0.2, -0.15) is 0 Å². The largest absolute Gasteiger partial charge is 0.450 e. The van der Waals surface area contributed by atoms with Crippen molar-refractivity contribution < 1.29 is 14.6 Å². The molecule has 0 aliphatic rings. The lowest BCUT2D eigenvalue weighted by atomic mass is 10.1. The summed E-state index contributed by atoms with van der Waals surface area (Å²) in [5.41, 5.74) is 0.967. The van der Waals surface area contributed by atoms with E-state index in [1.165, 1.54) is 0 Å². The Bertz CT molecular complexity index is 327. The van der Waals surface area contributed by atoms with Gasteiger partial charge in [-0.05, 0) is 12.0 Å². The average Bonchev–Trinajstić information content (AvgIpc) is 2.30. The number of alkyl carbamates (subject to hydrolysis) is 1. The van der Waals surface area contributed by atoms with Crippen molar-refractivity contribution in [3.8, 4) is 0 Å². The third-order valence-corrected chi connectivity index (χ3v) is 2.29. The maximum atomic E-state index is 11.2. The number of unbranched alkanes of at least 4 members (excludes halogenated alkanes) is 1. The van der Waals surface area contributed by atoms with Gasteiger partial charge in [0, 0.05) is 6.42 Å². The van der Waals surface area contributed by atoms with Gasteiger partial charge in [-0.15, -0.1) is 0 Å². The topological polar surface area (TPSA) is 58.6 Å². The molecule has 17 heavy (non-hydrogen) atoms. The highest BCUT2D eigenvalue weighted by molar-refractivity contribution is 5.67. The number of hydrogen-bond acceptors (Lipinski definition) is 3. The lowest BCUT2D eigenvalue weighted by Gasteiger charge is -2.12. The second-order valence-corrected chi connectivity index (χ2v) is 3.84. The fourth-order valence-electron chi connectivity index (χ4n) is 1.38. The van der Waals surface area contributed by atoms with Gasteiger partial charge in [0.15, 0.2) is 0 Å². The fraction of sp³-hybridized carbons (Fsp3) is 0.462. The molecule has 0 bridgehead atoms. The highest BCUT2D eigenvalue weighted by atomic mass is 16.5. The number of aliphatic hydroxyl groups excluding tert-OH is 1. The highest BCUT2D eigenvalue weighted by Crippen LogP contribution is 2.01. The van der Waals surface area contributed by atoms with E-state index in [4.69, 9.17) is 4.74 Å². The molecule has 0 aliphatic heterocycles. The van der Waals surface area contributed by atoms with Crippen LogP contribution in [-0.4, -0.2) is 24.0 Å². The molecule has 1 aromatic carbocycles. The second kappa shape index (κ2) is 7.68. The molecule has 1 amide bonds. The minimum absolute atomic E-state index is 0.379. The lowest BCUT2D eigenvalue weighted by molar-refractivity contribution is 0.0981. The molecule has 0 saturated heterocycles. The first kappa shape index (κ1) is 13.5. The molecule has 0 saturated carbocycles. The molecule has 0 fully saturated rings. The van der Waals surface area contributed by atoms with E-state index >= 15 is 0 Å². The van der Waals surface area contributed by atoms with E-state index in [2.05, 4.69) is 5.32 Å². The minimum atomic E-state index is -0.911. The van der Waals surface area contributed by atoms with Crippen LogP contribution in [0.15, 0.2) is 30.3 Å². The molecule has 1 atom stereocenters. The number of rotatable bonds is 6. The zero-order valence-electron chi connectivity index (χ0n) is 10.1. The van der Waals surface area contributed by atoms with Crippen LogP contribution in [0.3, 0.4) is 0 Å². The number of benzene rings is 1. The van der Waals surface area contributed by atoms with Crippen LogP contribution in [0.1, 0.15) is 25.3 Å². The Morgan fingerprint density at radius 1 is 1.41 bits per heavy atom. The quantitative estimate of drug-likeness (QED) is 0.588. The lowest BCUT2D eigenvalue weighted by Crippen LogP contribution is -2.36. The van der Waals surface area contributed by atoms with Crippen molar-refractivity contribution in [1.29, 1.82) is 0 Å². The van der Waals surface area contributed by atoms with Crippen LogP contribution >= 0.6 is 0 Å². The van der Waals surface area contributed by atoms with Gasteiger partial charge in [0.05, 0.1) is 6.61 Å². The summed E-state index contributed by atoms with van der Waals surface area (Å²) in [5, 5.41) is 12.0. The summed E-state index contributed by atoms with van der Waals surface area (Å²) in [6, 6.07) is 9.48. The van der Waals surface area contributed by atoms with Gasteiger partial charge >= 0.3 is 6.09 Å². The molecule has 0 radical (unpaired) electrons. The fourth-order valence-corrected chi connectivity index (χ4v) is 1.38. The zero-order valence-corrected chi connectivity index (χ0v) is 10.1. The zero-order chi connectivity index (χ0) is 12.5. The highest BCUT2D eigenvalue weighted by Gasteiger charge is 2.09.